The Balaban J connectivity index is 2.14. The molecule has 106 valence electrons. The van der Waals surface area contributed by atoms with Gasteiger partial charge in [0.05, 0.1) is 17.0 Å². The van der Waals surface area contributed by atoms with Crippen molar-refractivity contribution in [2.45, 2.75) is 10.5 Å². The van der Waals surface area contributed by atoms with Gasteiger partial charge >= 0.3 is 12.1 Å². The molecule has 2 rings (SSSR count). The average Bonchev–Trinajstić information content (AvgIpc) is 2.84. The van der Waals surface area contributed by atoms with Gasteiger partial charge in [-0.15, -0.1) is 11.3 Å². The van der Waals surface area contributed by atoms with Crippen molar-refractivity contribution in [3.8, 4) is 11.3 Å². The molecule has 2 aromatic rings. The standard InChI is InChI=1S/C12H8F3NO2S2/c13-12(14,15)8-3-1-7(2-4-8)9-5-19-11(16-9)20-6-10(17)18/h1-5H,6H2,(H,17,18). The van der Waals surface area contributed by atoms with Crippen LogP contribution in [-0.4, -0.2) is 21.8 Å². The third kappa shape index (κ3) is 3.73. The first-order valence-electron chi connectivity index (χ1n) is 5.34. The van der Waals surface area contributed by atoms with Crippen LogP contribution in [0.25, 0.3) is 11.3 Å². The minimum absolute atomic E-state index is 0.0973. The van der Waals surface area contributed by atoms with Crippen molar-refractivity contribution in [3.63, 3.8) is 0 Å². The molecule has 8 heteroatoms. The Hall–Kier alpha value is -1.54. The number of carbonyl (C=O) groups is 1. The van der Waals surface area contributed by atoms with Crippen molar-refractivity contribution in [1.29, 1.82) is 0 Å². The number of hydrogen-bond acceptors (Lipinski definition) is 4. The van der Waals surface area contributed by atoms with E-state index in [4.69, 9.17) is 5.11 Å². The molecule has 0 bridgehead atoms. The van der Waals surface area contributed by atoms with E-state index in [0.717, 1.165) is 23.9 Å². The number of hydrogen-bond donors (Lipinski definition) is 1. The van der Waals surface area contributed by atoms with Crippen molar-refractivity contribution in [2.24, 2.45) is 0 Å². The van der Waals surface area contributed by atoms with Crippen molar-refractivity contribution >= 4 is 29.1 Å². The molecule has 0 aliphatic heterocycles. The number of rotatable bonds is 4. The Kier molecular flexibility index (Phi) is 4.34. The summed E-state index contributed by atoms with van der Waals surface area (Å²) in [5, 5.41) is 10.2. The Morgan fingerprint density at radius 1 is 1.30 bits per heavy atom. The summed E-state index contributed by atoms with van der Waals surface area (Å²) in [5.41, 5.74) is 0.394. The lowest BCUT2D eigenvalue weighted by molar-refractivity contribution is -0.137. The summed E-state index contributed by atoms with van der Waals surface area (Å²) in [6, 6.07) is 4.70. The van der Waals surface area contributed by atoms with E-state index in [0.29, 0.717) is 15.6 Å². The fourth-order valence-electron chi connectivity index (χ4n) is 1.41. The van der Waals surface area contributed by atoms with Crippen molar-refractivity contribution in [1.82, 2.24) is 4.98 Å². The second kappa shape index (κ2) is 5.84. The van der Waals surface area contributed by atoms with Crippen LogP contribution >= 0.6 is 23.1 Å². The quantitative estimate of drug-likeness (QED) is 0.865. The molecular weight excluding hydrogens is 311 g/mol. The van der Waals surface area contributed by atoms with Crippen LogP contribution in [0.1, 0.15) is 5.56 Å². The summed E-state index contributed by atoms with van der Waals surface area (Å²) < 4.78 is 37.9. The molecule has 0 atom stereocenters. The van der Waals surface area contributed by atoms with Crippen molar-refractivity contribution in [2.75, 3.05) is 5.75 Å². The van der Waals surface area contributed by atoms with E-state index in [1.165, 1.54) is 23.5 Å². The van der Waals surface area contributed by atoms with Gasteiger partial charge in [-0.1, -0.05) is 23.9 Å². The smallest absolute Gasteiger partial charge is 0.416 e. The topological polar surface area (TPSA) is 50.2 Å². The van der Waals surface area contributed by atoms with Crippen molar-refractivity contribution in [3.05, 3.63) is 35.2 Å². The third-order valence-corrected chi connectivity index (χ3v) is 4.32. The number of carboxylic acids is 1. The maximum Gasteiger partial charge on any atom is 0.416 e. The number of aromatic nitrogens is 1. The Bertz CT molecular complexity index is 608. The van der Waals surface area contributed by atoms with E-state index in [1.807, 2.05) is 0 Å². The normalized spacial score (nSPS) is 11.6. The van der Waals surface area contributed by atoms with E-state index in [1.54, 1.807) is 5.38 Å². The van der Waals surface area contributed by atoms with Gasteiger partial charge in [0.2, 0.25) is 0 Å². The fraction of sp³-hybridized carbons (Fsp3) is 0.167. The van der Waals surface area contributed by atoms with E-state index in [9.17, 15) is 18.0 Å². The molecule has 0 aliphatic rings. The van der Waals surface area contributed by atoms with Gasteiger partial charge in [0.15, 0.2) is 4.34 Å². The number of thiazole rings is 1. The number of carboxylic acid groups (broad SMARTS) is 1. The number of alkyl halides is 3. The Morgan fingerprint density at radius 3 is 2.50 bits per heavy atom. The second-order valence-electron chi connectivity index (χ2n) is 3.76. The van der Waals surface area contributed by atoms with Crippen LogP contribution in [0.3, 0.4) is 0 Å². The molecule has 0 saturated heterocycles. The molecule has 1 aromatic heterocycles. The number of nitrogens with zero attached hydrogens (tertiary/aromatic N) is 1. The van der Waals surface area contributed by atoms with Crippen LogP contribution in [0.15, 0.2) is 34.0 Å². The minimum Gasteiger partial charge on any atom is -0.481 e. The van der Waals surface area contributed by atoms with Crippen LogP contribution < -0.4 is 0 Å². The predicted molar refractivity (Wildman–Crippen MR) is 70.9 cm³/mol. The van der Waals surface area contributed by atoms with Gasteiger partial charge in [0.1, 0.15) is 0 Å². The first-order chi connectivity index (χ1) is 9.36. The van der Waals surface area contributed by atoms with Gasteiger partial charge in [-0.3, -0.25) is 4.79 Å². The third-order valence-electron chi connectivity index (χ3n) is 2.31. The van der Waals surface area contributed by atoms with Crippen LogP contribution in [0.5, 0.6) is 0 Å². The lowest BCUT2D eigenvalue weighted by Gasteiger charge is -2.06. The summed E-state index contributed by atoms with van der Waals surface area (Å²) in [4.78, 5) is 14.6. The van der Waals surface area contributed by atoms with Crippen LogP contribution in [0.2, 0.25) is 0 Å². The largest absolute Gasteiger partial charge is 0.481 e. The number of halogens is 3. The summed E-state index contributed by atoms with van der Waals surface area (Å²) >= 11 is 2.34. The summed E-state index contributed by atoms with van der Waals surface area (Å²) in [6.45, 7) is 0. The van der Waals surface area contributed by atoms with Crippen LogP contribution in [-0.2, 0) is 11.0 Å². The predicted octanol–water partition coefficient (Wildman–Crippen LogP) is 4.01. The highest BCUT2D eigenvalue weighted by molar-refractivity contribution is 8.01. The molecule has 20 heavy (non-hydrogen) atoms. The molecule has 1 N–H and O–H groups in total. The fourth-order valence-corrected chi connectivity index (χ4v) is 2.97. The summed E-state index contributed by atoms with van der Waals surface area (Å²) in [5.74, 6) is -1.04. The van der Waals surface area contributed by atoms with E-state index in [2.05, 4.69) is 4.98 Å². The van der Waals surface area contributed by atoms with Gasteiger partial charge in [0.25, 0.3) is 0 Å². The van der Waals surface area contributed by atoms with Crippen LogP contribution in [0.4, 0.5) is 13.2 Å². The van der Waals surface area contributed by atoms with Crippen molar-refractivity contribution < 1.29 is 23.1 Å². The Morgan fingerprint density at radius 2 is 1.95 bits per heavy atom. The van der Waals surface area contributed by atoms with Gasteiger partial charge in [-0.2, -0.15) is 13.2 Å². The van der Waals surface area contributed by atoms with Crippen LogP contribution in [0, 0.1) is 0 Å². The van der Waals surface area contributed by atoms with Gasteiger partial charge in [0, 0.05) is 10.9 Å². The molecule has 0 fully saturated rings. The lowest BCUT2D eigenvalue weighted by atomic mass is 10.1. The first-order valence-corrected chi connectivity index (χ1v) is 7.20. The molecule has 0 radical (unpaired) electrons. The highest BCUT2D eigenvalue weighted by Crippen LogP contribution is 2.32. The molecule has 3 nitrogen and oxygen atoms in total. The number of benzene rings is 1. The molecule has 1 aromatic carbocycles. The molecule has 0 saturated carbocycles. The summed E-state index contributed by atoms with van der Waals surface area (Å²) in [7, 11) is 0. The maximum atomic E-state index is 12.4. The molecule has 0 amide bonds. The van der Waals surface area contributed by atoms with E-state index in [-0.39, 0.29) is 5.75 Å². The molecule has 0 spiro atoms. The summed E-state index contributed by atoms with van der Waals surface area (Å²) in [6.07, 6.45) is -4.36. The Labute approximate surface area is 120 Å². The highest BCUT2D eigenvalue weighted by atomic mass is 32.2. The molecule has 0 unspecified atom stereocenters. The van der Waals surface area contributed by atoms with E-state index >= 15 is 0 Å². The number of aliphatic carboxylic acids is 1. The molecule has 0 aliphatic carbocycles. The van der Waals surface area contributed by atoms with Gasteiger partial charge in [-0.05, 0) is 12.1 Å². The zero-order valence-corrected chi connectivity index (χ0v) is 11.5. The van der Waals surface area contributed by atoms with E-state index < -0.39 is 17.7 Å². The maximum absolute atomic E-state index is 12.4. The monoisotopic (exact) mass is 319 g/mol. The number of thioether (sulfide) groups is 1. The highest BCUT2D eigenvalue weighted by Gasteiger charge is 2.30. The second-order valence-corrected chi connectivity index (χ2v) is 5.84. The molecular formula is C12H8F3NO2S2. The minimum atomic E-state index is -4.36. The van der Waals surface area contributed by atoms with Gasteiger partial charge < -0.3 is 5.11 Å². The van der Waals surface area contributed by atoms with Gasteiger partial charge in [-0.25, -0.2) is 4.98 Å². The zero-order valence-electron chi connectivity index (χ0n) is 9.85. The SMILES string of the molecule is O=C(O)CSc1nc(-c2ccc(C(F)(F)F)cc2)cs1. The average molecular weight is 319 g/mol. The lowest BCUT2D eigenvalue weighted by Crippen LogP contribution is -2.03. The molecule has 1 heterocycles. The first kappa shape index (κ1) is 14.9. The zero-order chi connectivity index (χ0) is 14.8.